The lowest BCUT2D eigenvalue weighted by Crippen LogP contribution is -2.22. The van der Waals surface area contributed by atoms with E-state index in [4.69, 9.17) is 21.5 Å². The second kappa shape index (κ2) is 14.2. The largest absolute Gasteiger partial charge is 0.425 e. The van der Waals surface area contributed by atoms with Crippen molar-refractivity contribution < 1.29 is 26.4 Å². The van der Waals surface area contributed by atoms with E-state index in [0.717, 1.165) is 18.1 Å². The number of carbonyl (C=O) groups is 1. The van der Waals surface area contributed by atoms with Crippen LogP contribution in [0.2, 0.25) is 0 Å². The second-order valence-corrected chi connectivity index (χ2v) is 9.04. The zero-order valence-corrected chi connectivity index (χ0v) is 22.8. The molecule has 0 aliphatic carbocycles. The molecule has 0 amide bonds. The highest BCUT2D eigenvalue weighted by Gasteiger charge is 2.33. The summed E-state index contributed by atoms with van der Waals surface area (Å²) in [6, 6.07) is 7.79. The zero-order valence-electron chi connectivity index (χ0n) is 20.5. The summed E-state index contributed by atoms with van der Waals surface area (Å²) in [5.74, 6) is -0.369. The van der Waals surface area contributed by atoms with Crippen molar-refractivity contribution in [3.05, 3.63) is 88.1 Å². The summed E-state index contributed by atoms with van der Waals surface area (Å²) >= 11 is 7.11. The van der Waals surface area contributed by atoms with Gasteiger partial charge in [0.05, 0.1) is 33.8 Å². The number of aryl methyl sites for hydroxylation is 1. The highest BCUT2D eigenvalue weighted by molar-refractivity contribution is 7.94. The summed E-state index contributed by atoms with van der Waals surface area (Å²) < 4.78 is 60.8. The van der Waals surface area contributed by atoms with E-state index >= 15 is 0 Å². The molecule has 5 nitrogen and oxygen atoms in total. The van der Waals surface area contributed by atoms with Gasteiger partial charge in [-0.25, -0.2) is 4.21 Å². The summed E-state index contributed by atoms with van der Waals surface area (Å²) in [5.41, 5.74) is 5.11. The summed E-state index contributed by atoms with van der Waals surface area (Å²) in [4.78, 5) is 13.1. The van der Waals surface area contributed by atoms with Crippen molar-refractivity contribution in [1.82, 2.24) is 4.72 Å². The van der Waals surface area contributed by atoms with Crippen molar-refractivity contribution in [3.8, 4) is 5.75 Å². The van der Waals surface area contributed by atoms with Crippen LogP contribution < -0.4 is 14.6 Å². The molecule has 2 aromatic rings. The van der Waals surface area contributed by atoms with Crippen LogP contribution >= 0.6 is 23.6 Å². The maximum absolute atomic E-state index is 13.3. The minimum absolute atomic E-state index is 0.0106. The molecular formula is C25H28ClF3N2O3S2. The van der Waals surface area contributed by atoms with Gasteiger partial charge in [-0.2, -0.15) is 13.2 Å². The predicted molar refractivity (Wildman–Crippen MR) is 143 cm³/mol. The number of ketones is 1. The molecule has 0 saturated carbocycles. The number of carbonyl (C=O) groups excluding carboxylic acids is 1. The summed E-state index contributed by atoms with van der Waals surface area (Å²) in [7, 11) is -2.17. The molecule has 1 atom stereocenters. The van der Waals surface area contributed by atoms with Crippen LogP contribution in [0.5, 0.6) is 5.75 Å². The Morgan fingerprint density at radius 1 is 1.22 bits per heavy atom. The van der Waals surface area contributed by atoms with Gasteiger partial charge in [0.2, 0.25) is 0 Å². The van der Waals surface area contributed by atoms with E-state index in [1.165, 1.54) is 43.3 Å². The number of allylic oxidation sites excluding steroid dienone is 4. The van der Waals surface area contributed by atoms with Crippen LogP contribution in [0.3, 0.4) is 0 Å². The van der Waals surface area contributed by atoms with E-state index in [9.17, 15) is 22.2 Å². The minimum atomic E-state index is -4.61. The number of anilines is 1. The Hall–Kier alpha value is -2.69. The van der Waals surface area contributed by atoms with Gasteiger partial charge < -0.3 is 14.6 Å². The van der Waals surface area contributed by atoms with E-state index in [2.05, 4.69) is 11.3 Å². The number of rotatable bonds is 9. The molecule has 0 bridgehead atoms. The number of alkyl halides is 3. The second-order valence-electron chi connectivity index (χ2n) is 6.89. The van der Waals surface area contributed by atoms with E-state index in [1.807, 2.05) is 13.8 Å². The van der Waals surface area contributed by atoms with Crippen LogP contribution in [0.4, 0.5) is 18.9 Å². The van der Waals surface area contributed by atoms with Crippen molar-refractivity contribution in [3.63, 3.8) is 0 Å². The van der Waals surface area contributed by atoms with Gasteiger partial charge in [0.1, 0.15) is 16.7 Å². The lowest BCUT2D eigenvalue weighted by Gasteiger charge is -2.16. The lowest BCUT2D eigenvalue weighted by atomic mass is 10.0. The molecule has 0 heterocycles. The Morgan fingerprint density at radius 2 is 1.86 bits per heavy atom. The first-order chi connectivity index (χ1) is 16.9. The van der Waals surface area contributed by atoms with E-state index in [1.54, 1.807) is 19.2 Å². The van der Waals surface area contributed by atoms with Gasteiger partial charge in [-0.05, 0) is 55.8 Å². The molecule has 3 N–H and O–H groups in total. The summed E-state index contributed by atoms with van der Waals surface area (Å²) in [6.07, 6.45) is -0.129. The Kier molecular flexibility index (Phi) is 12.3. The van der Waals surface area contributed by atoms with Crippen molar-refractivity contribution in [2.75, 3.05) is 12.0 Å². The van der Waals surface area contributed by atoms with Gasteiger partial charge in [-0.3, -0.25) is 4.79 Å². The Balaban J connectivity index is 0.00000316. The third-order valence-corrected chi connectivity index (χ3v) is 6.27. The van der Waals surface area contributed by atoms with Crippen molar-refractivity contribution in [1.29, 1.82) is 0 Å². The molecule has 1 unspecified atom stereocenters. The first kappa shape index (κ1) is 31.3. The van der Waals surface area contributed by atoms with Crippen LogP contribution in [0.25, 0.3) is 0 Å². The molecule has 11 heteroatoms. The maximum Gasteiger partial charge on any atom is 0.416 e. The van der Waals surface area contributed by atoms with Gasteiger partial charge in [-0.15, -0.1) is 0 Å². The number of nitrogens with one attached hydrogen (secondary N) is 1. The number of Topliss-reactive ketones (excluding diaryl/α,β-unsaturated/α-hetero) is 1. The summed E-state index contributed by atoms with van der Waals surface area (Å²) in [5, 5.41) is 0.182. The highest BCUT2D eigenvalue weighted by Crippen LogP contribution is 2.33. The zero-order chi connectivity index (χ0) is 27.6. The molecule has 196 valence electrons. The topological polar surface area (TPSA) is 81.4 Å². The number of hydrogen-bond donors (Lipinski definition) is 2. The van der Waals surface area contributed by atoms with Gasteiger partial charge in [0.25, 0.3) is 0 Å². The van der Waals surface area contributed by atoms with Crippen LogP contribution in [0, 0.1) is 6.92 Å². The lowest BCUT2D eigenvalue weighted by molar-refractivity contribution is -0.138. The Bertz CT molecular complexity index is 1200. The quantitative estimate of drug-likeness (QED) is 0.110. The van der Waals surface area contributed by atoms with E-state index in [-0.39, 0.29) is 38.1 Å². The first-order valence-electron chi connectivity index (χ1n) is 10.6. The molecule has 0 aliphatic rings. The highest BCUT2D eigenvalue weighted by atomic mass is 35.5. The van der Waals surface area contributed by atoms with Crippen molar-refractivity contribution in [2.45, 2.75) is 38.8 Å². The number of halogens is 4. The van der Waals surface area contributed by atoms with Gasteiger partial charge >= 0.3 is 6.18 Å². The van der Waals surface area contributed by atoms with Gasteiger partial charge in [0, 0.05) is 22.5 Å². The molecule has 0 saturated heterocycles. The molecule has 2 rings (SSSR count). The normalized spacial score (nSPS) is 12.8. The first-order valence-corrected chi connectivity index (χ1v) is 13.3. The minimum Gasteiger partial charge on any atom is -0.425 e. The average molecular weight is 561 g/mol. The fraction of sp³-hybridized carbons (Fsp3) is 0.240. The molecular weight excluding hydrogens is 533 g/mol. The molecule has 0 aliphatic heterocycles. The van der Waals surface area contributed by atoms with E-state index in [0.29, 0.717) is 5.69 Å². The van der Waals surface area contributed by atoms with Gasteiger partial charge in [-0.1, -0.05) is 44.2 Å². The smallest absolute Gasteiger partial charge is 0.416 e. The third kappa shape index (κ3) is 8.46. The molecule has 0 spiro atoms. The third-order valence-electron chi connectivity index (χ3n) is 4.51. The summed E-state index contributed by atoms with van der Waals surface area (Å²) in [6.45, 7) is 10.7. The van der Waals surface area contributed by atoms with Gasteiger partial charge in [0.15, 0.2) is 5.78 Å². The fourth-order valence-electron chi connectivity index (χ4n) is 2.75. The molecule has 2 aromatic carbocycles. The van der Waals surface area contributed by atoms with E-state index < -0.39 is 28.5 Å². The van der Waals surface area contributed by atoms with Crippen LogP contribution in [-0.4, -0.2) is 16.2 Å². The Morgan fingerprint density at radius 3 is 2.42 bits per heavy atom. The molecule has 0 radical (unpaired) electrons. The number of hydrogen-bond acceptors (Lipinski definition) is 5. The molecule has 0 fully saturated rings. The van der Waals surface area contributed by atoms with Crippen LogP contribution in [0.1, 0.15) is 42.3 Å². The van der Waals surface area contributed by atoms with Crippen molar-refractivity contribution >= 4 is 46.1 Å². The number of nitrogens with two attached hydrogens (primary N) is 1. The van der Waals surface area contributed by atoms with Crippen LogP contribution in [0.15, 0.2) is 76.3 Å². The van der Waals surface area contributed by atoms with Crippen molar-refractivity contribution in [2.24, 2.45) is 0 Å². The average Bonchev–Trinajstić information content (AvgIpc) is 2.84. The molecule has 36 heavy (non-hydrogen) atoms. The fourth-order valence-corrected chi connectivity index (χ4v) is 4.10. The number of benzene rings is 2. The van der Waals surface area contributed by atoms with Crippen LogP contribution in [-0.2, 0) is 17.2 Å². The molecule has 0 aromatic heterocycles. The Labute approximate surface area is 221 Å². The standard InChI is InChI=1S/C23H22ClF3N2O3S2.C2H6/c1-5-15(24)10-20(14(3)22(30)18-11-16(28)7-9-21(18)32-33-4)29-34(31)17-8-6-13(2)19(12-17)23(25,26)27;1-2/h5-12,29H,3,28H2,1-2,4H3;1-2H3/b15-5+,20-10+;. The maximum atomic E-state index is 13.3. The predicted octanol–water partition coefficient (Wildman–Crippen LogP) is 7.36. The monoisotopic (exact) mass is 560 g/mol. The number of nitrogen functional groups attached to an aromatic ring is 1. The SMILES string of the molecule is C=C(C(=O)c1cc(N)ccc1OSC)/C(=C\C(Cl)=C/C)NS(=O)c1ccc(C)c(C(F)(F)F)c1.CC.